The van der Waals surface area contributed by atoms with Crippen LogP contribution < -0.4 is 5.73 Å². The number of carbonyl (C=O) groups excluding carboxylic acids is 1. The Morgan fingerprint density at radius 1 is 1.36 bits per heavy atom. The summed E-state index contributed by atoms with van der Waals surface area (Å²) in [6.45, 7) is 4.04. The van der Waals surface area contributed by atoms with E-state index in [1.807, 2.05) is 0 Å². The van der Waals surface area contributed by atoms with Crippen molar-refractivity contribution in [2.75, 3.05) is 0 Å². The maximum atomic E-state index is 11.6. The summed E-state index contributed by atoms with van der Waals surface area (Å²) in [6.07, 6.45) is 5.81. The van der Waals surface area contributed by atoms with E-state index >= 15 is 0 Å². The lowest BCUT2D eigenvalue weighted by molar-refractivity contribution is -0.125. The predicted molar refractivity (Wildman–Crippen MR) is 56.8 cm³/mol. The third-order valence-corrected chi connectivity index (χ3v) is 4.67. The summed E-state index contributed by atoms with van der Waals surface area (Å²) in [5.41, 5.74) is 6.38. The topological polar surface area (TPSA) is 43.1 Å². The van der Waals surface area contributed by atoms with Crippen LogP contribution in [0.1, 0.15) is 46.0 Å². The molecule has 2 rings (SSSR count). The monoisotopic (exact) mass is 195 g/mol. The molecule has 2 aliphatic carbocycles. The van der Waals surface area contributed by atoms with Gasteiger partial charge in [0.2, 0.25) is 0 Å². The van der Waals surface area contributed by atoms with E-state index in [0.717, 1.165) is 12.8 Å². The molecule has 0 amide bonds. The van der Waals surface area contributed by atoms with Crippen LogP contribution in [0.2, 0.25) is 0 Å². The lowest BCUT2D eigenvalue weighted by Gasteiger charge is -2.43. The molecule has 2 fully saturated rings. The molecule has 0 aromatic heterocycles. The number of nitrogens with two attached hydrogens (primary N) is 1. The van der Waals surface area contributed by atoms with Gasteiger partial charge in [-0.3, -0.25) is 4.79 Å². The average Bonchev–Trinajstić information content (AvgIpc) is 2.43. The van der Waals surface area contributed by atoms with Crippen LogP contribution in [0.5, 0.6) is 0 Å². The fourth-order valence-corrected chi connectivity index (χ4v) is 3.91. The van der Waals surface area contributed by atoms with Gasteiger partial charge in [0, 0.05) is 12.0 Å². The van der Waals surface area contributed by atoms with Gasteiger partial charge in [-0.2, -0.15) is 0 Å². The van der Waals surface area contributed by atoms with Crippen LogP contribution in [0.3, 0.4) is 0 Å². The van der Waals surface area contributed by atoms with Crippen LogP contribution >= 0.6 is 0 Å². The third kappa shape index (κ3) is 1.31. The summed E-state index contributed by atoms with van der Waals surface area (Å²) in [5.74, 6) is 1.27. The molecule has 3 unspecified atom stereocenters. The third-order valence-electron chi connectivity index (χ3n) is 4.67. The van der Waals surface area contributed by atoms with Crippen LogP contribution in [0.25, 0.3) is 0 Å². The molecule has 0 heterocycles. The second-order valence-electron chi connectivity index (χ2n) is 5.41. The largest absolute Gasteiger partial charge is 0.327 e. The molecule has 0 spiro atoms. The van der Waals surface area contributed by atoms with E-state index in [1.165, 1.54) is 19.3 Å². The van der Waals surface area contributed by atoms with Crippen molar-refractivity contribution in [3.05, 3.63) is 0 Å². The summed E-state index contributed by atoms with van der Waals surface area (Å²) in [7, 11) is 0. The molecule has 0 radical (unpaired) electrons. The van der Waals surface area contributed by atoms with Crippen LogP contribution in [0, 0.1) is 17.3 Å². The van der Waals surface area contributed by atoms with Gasteiger partial charge in [0.15, 0.2) is 0 Å². The van der Waals surface area contributed by atoms with Gasteiger partial charge < -0.3 is 5.73 Å². The van der Waals surface area contributed by atoms with Gasteiger partial charge in [0.05, 0.1) is 0 Å². The molecule has 0 aromatic carbocycles. The van der Waals surface area contributed by atoms with Crippen molar-refractivity contribution in [3.63, 3.8) is 0 Å². The highest BCUT2D eigenvalue weighted by Crippen LogP contribution is 2.55. The predicted octanol–water partition coefficient (Wildman–Crippen LogP) is 2.12. The van der Waals surface area contributed by atoms with Crippen LogP contribution in [-0.2, 0) is 4.79 Å². The van der Waals surface area contributed by atoms with E-state index in [4.69, 9.17) is 5.73 Å². The number of carbonyl (C=O) groups is 1. The fourth-order valence-electron chi connectivity index (χ4n) is 3.91. The smallest absolute Gasteiger partial charge is 0.133 e. The number of rotatable bonds is 1. The van der Waals surface area contributed by atoms with Crippen LogP contribution in [0.4, 0.5) is 0 Å². The van der Waals surface area contributed by atoms with Crippen molar-refractivity contribution in [2.24, 2.45) is 23.0 Å². The summed E-state index contributed by atoms with van der Waals surface area (Å²) in [6, 6.07) is 0.345. The summed E-state index contributed by atoms with van der Waals surface area (Å²) in [5, 5.41) is 0. The van der Waals surface area contributed by atoms with Gasteiger partial charge in [-0.15, -0.1) is 0 Å². The molecular weight excluding hydrogens is 174 g/mol. The molecule has 80 valence electrons. The van der Waals surface area contributed by atoms with Crippen molar-refractivity contribution in [3.8, 4) is 0 Å². The number of fused-ring (bicyclic) bond motifs is 1. The number of hydrogen-bond acceptors (Lipinski definition) is 2. The van der Waals surface area contributed by atoms with E-state index in [9.17, 15) is 4.79 Å². The number of ketones is 1. The van der Waals surface area contributed by atoms with E-state index in [-0.39, 0.29) is 5.41 Å². The second-order valence-corrected chi connectivity index (χ2v) is 5.41. The highest BCUT2D eigenvalue weighted by atomic mass is 16.1. The molecule has 0 saturated heterocycles. The maximum Gasteiger partial charge on any atom is 0.133 e. The van der Waals surface area contributed by atoms with Crippen LogP contribution in [0.15, 0.2) is 0 Å². The molecule has 0 aliphatic heterocycles. The van der Waals surface area contributed by atoms with E-state index in [1.54, 1.807) is 6.92 Å². The number of Topliss-reactive ketones (excluding diaryl/α,β-unsaturated/α-hetero) is 1. The zero-order valence-corrected chi connectivity index (χ0v) is 9.25. The highest BCUT2D eigenvalue weighted by Gasteiger charge is 2.51. The highest BCUT2D eigenvalue weighted by molar-refractivity contribution is 5.79. The van der Waals surface area contributed by atoms with Gasteiger partial charge in [0.1, 0.15) is 5.78 Å². The second kappa shape index (κ2) is 3.34. The minimum atomic E-state index is 0.226. The Balaban J connectivity index is 2.24. The van der Waals surface area contributed by atoms with Crippen molar-refractivity contribution in [2.45, 2.75) is 52.0 Å². The first-order valence-electron chi connectivity index (χ1n) is 5.82. The zero-order chi connectivity index (χ0) is 10.3. The van der Waals surface area contributed by atoms with Gasteiger partial charge in [-0.25, -0.2) is 0 Å². The molecule has 2 aliphatic rings. The standard InChI is InChI=1S/C12H21NO/c1-8(14)9-5-6-10-11(13)4-3-7-12(9,10)2/h9-11H,3-7,13H2,1-2H3/t9?,10?,11?,12-/m1/s1. The number of hydrogen-bond donors (Lipinski definition) is 1. The average molecular weight is 195 g/mol. The Kier molecular flexibility index (Phi) is 2.42. The first-order chi connectivity index (χ1) is 6.55. The van der Waals surface area contributed by atoms with E-state index < -0.39 is 0 Å². The van der Waals surface area contributed by atoms with Gasteiger partial charge >= 0.3 is 0 Å². The molecular formula is C12H21NO. The Hall–Kier alpha value is -0.370. The van der Waals surface area contributed by atoms with Gasteiger partial charge in [0.25, 0.3) is 0 Å². The zero-order valence-electron chi connectivity index (χ0n) is 9.25. The quantitative estimate of drug-likeness (QED) is 0.696. The Labute approximate surface area is 86.2 Å². The normalized spacial score (nSPS) is 47.5. The van der Waals surface area contributed by atoms with Crippen molar-refractivity contribution < 1.29 is 4.79 Å². The molecule has 2 N–H and O–H groups in total. The van der Waals surface area contributed by atoms with Gasteiger partial charge in [-0.1, -0.05) is 13.3 Å². The first kappa shape index (κ1) is 10.2. The molecule has 14 heavy (non-hydrogen) atoms. The molecule has 2 saturated carbocycles. The van der Waals surface area contributed by atoms with Crippen LogP contribution in [-0.4, -0.2) is 11.8 Å². The molecule has 2 nitrogen and oxygen atoms in total. The molecule has 0 bridgehead atoms. The molecule has 2 heteroatoms. The Morgan fingerprint density at radius 3 is 2.71 bits per heavy atom. The van der Waals surface area contributed by atoms with E-state index in [0.29, 0.717) is 23.7 Å². The lowest BCUT2D eigenvalue weighted by Crippen LogP contribution is -2.45. The lowest BCUT2D eigenvalue weighted by atomic mass is 9.63. The Morgan fingerprint density at radius 2 is 2.07 bits per heavy atom. The minimum Gasteiger partial charge on any atom is -0.327 e. The first-order valence-corrected chi connectivity index (χ1v) is 5.82. The summed E-state index contributed by atoms with van der Waals surface area (Å²) in [4.78, 5) is 11.6. The fraction of sp³-hybridized carbons (Fsp3) is 0.917. The summed E-state index contributed by atoms with van der Waals surface area (Å²) >= 11 is 0. The minimum absolute atomic E-state index is 0.226. The SMILES string of the molecule is CC(=O)C1CCC2C(N)CCC[C@]12C. The van der Waals surface area contributed by atoms with Crippen molar-refractivity contribution in [1.82, 2.24) is 0 Å². The van der Waals surface area contributed by atoms with Crippen molar-refractivity contribution in [1.29, 1.82) is 0 Å². The molecule has 0 aromatic rings. The summed E-state index contributed by atoms with van der Waals surface area (Å²) < 4.78 is 0. The van der Waals surface area contributed by atoms with Crippen molar-refractivity contribution >= 4 is 5.78 Å². The Bertz CT molecular complexity index is 251. The maximum absolute atomic E-state index is 11.6. The molecule has 4 atom stereocenters. The van der Waals surface area contributed by atoms with Gasteiger partial charge in [-0.05, 0) is 43.9 Å². The van der Waals surface area contributed by atoms with E-state index in [2.05, 4.69) is 6.92 Å².